The van der Waals surface area contributed by atoms with Crippen LogP contribution in [0.15, 0.2) is 18.3 Å². The Hall–Kier alpha value is -1.09. The van der Waals surface area contributed by atoms with Gasteiger partial charge in [0.25, 0.3) is 0 Å². The molecule has 2 unspecified atom stereocenters. The van der Waals surface area contributed by atoms with Crippen molar-refractivity contribution in [2.24, 2.45) is 5.73 Å². The number of pyridine rings is 1. The van der Waals surface area contributed by atoms with Gasteiger partial charge in [-0.15, -0.1) is 0 Å². The summed E-state index contributed by atoms with van der Waals surface area (Å²) in [6, 6.07) is 4.08. The molecular formula is C12H20N2O. The molecule has 2 N–H and O–H groups in total. The highest BCUT2D eigenvalue weighted by atomic mass is 16.5. The minimum Gasteiger partial charge on any atom is -0.489 e. The lowest BCUT2D eigenvalue weighted by atomic mass is 10.2. The fraction of sp³-hybridized carbons (Fsp3) is 0.583. The fourth-order valence-electron chi connectivity index (χ4n) is 1.25. The summed E-state index contributed by atoms with van der Waals surface area (Å²) in [5, 5.41) is 0. The maximum absolute atomic E-state index is 5.69. The first-order valence-electron chi connectivity index (χ1n) is 5.49. The van der Waals surface area contributed by atoms with Gasteiger partial charge in [0.1, 0.15) is 5.75 Å². The molecule has 84 valence electrons. The first kappa shape index (κ1) is 12.0. The summed E-state index contributed by atoms with van der Waals surface area (Å²) in [4.78, 5) is 4.30. The highest BCUT2D eigenvalue weighted by molar-refractivity contribution is 5.20. The molecule has 1 heterocycles. The van der Waals surface area contributed by atoms with Crippen molar-refractivity contribution < 1.29 is 4.74 Å². The third kappa shape index (κ3) is 4.30. The number of hydrogen-bond donors (Lipinski definition) is 1. The van der Waals surface area contributed by atoms with Crippen LogP contribution in [-0.2, 0) is 6.42 Å². The number of nitrogens with two attached hydrogens (primary N) is 1. The van der Waals surface area contributed by atoms with Crippen LogP contribution in [-0.4, -0.2) is 17.1 Å². The Kier molecular flexibility index (Phi) is 4.56. The minimum atomic E-state index is 0.152. The van der Waals surface area contributed by atoms with Crippen LogP contribution in [0.5, 0.6) is 5.75 Å². The smallest absolute Gasteiger partial charge is 0.138 e. The van der Waals surface area contributed by atoms with E-state index in [0.29, 0.717) is 0 Å². The van der Waals surface area contributed by atoms with E-state index in [1.54, 1.807) is 6.20 Å². The Morgan fingerprint density at radius 2 is 2.13 bits per heavy atom. The third-order valence-electron chi connectivity index (χ3n) is 2.24. The Morgan fingerprint density at radius 3 is 2.60 bits per heavy atom. The topological polar surface area (TPSA) is 48.1 Å². The van der Waals surface area contributed by atoms with Crippen molar-refractivity contribution in [1.82, 2.24) is 4.98 Å². The van der Waals surface area contributed by atoms with Crippen LogP contribution in [0.1, 0.15) is 32.9 Å². The molecule has 0 aliphatic rings. The molecule has 0 aliphatic heterocycles. The van der Waals surface area contributed by atoms with E-state index in [1.165, 1.54) is 0 Å². The van der Waals surface area contributed by atoms with Crippen molar-refractivity contribution in [1.29, 1.82) is 0 Å². The van der Waals surface area contributed by atoms with Gasteiger partial charge in [0, 0.05) is 18.2 Å². The molecule has 0 fully saturated rings. The van der Waals surface area contributed by atoms with Crippen LogP contribution in [0.4, 0.5) is 0 Å². The summed E-state index contributed by atoms with van der Waals surface area (Å²) in [6.45, 7) is 6.13. The standard InChI is InChI=1S/C12H20N2O/c1-4-10(3)15-12-6-5-11(14-8-12)7-9(2)13/h5-6,8-10H,4,7,13H2,1-3H3. The van der Waals surface area contributed by atoms with Crippen molar-refractivity contribution in [3.05, 3.63) is 24.0 Å². The fourth-order valence-corrected chi connectivity index (χ4v) is 1.25. The molecule has 0 radical (unpaired) electrons. The van der Waals surface area contributed by atoms with Crippen LogP contribution >= 0.6 is 0 Å². The number of ether oxygens (including phenoxy) is 1. The monoisotopic (exact) mass is 208 g/mol. The van der Waals surface area contributed by atoms with Crippen LogP contribution in [0.25, 0.3) is 0 Å². The van der Waals surface area contributed by atoms with Crippen LogP contribution in [0.3, 0.4) is 0 Å². The van der Waals surface area contributed by atoms with Crippen molar-refractivity contribution in [2.75, 3.05) is 0 Å². The molecule has 0 aliphatic carbocycles. The summed E-state index contributed by atoms with van der Waals surface area (Å²) in [6.07, 6.45) is 3.82. The molecule has 3 heteroatoms. The third-order valence-corrected chi connectivity index (χ3v) is 2.24. The van der Waals surface area contributed by atoms with Gasteiger partial charge in [-0.1, -0.05) is 6.92 Å². The first-order valence-corrected chi connectivity index (χ1v) is 5.49. The number of aromatic nitrogens is 1. The molecule has 1 aromatic rings. The van der Waals surface area contributed by atoms with Gasteiger partial charge in [0.15, 0.2) is 0 Å². The second-order valence-electron chi connectivity index (χ2n) is 4.00. The van der Waals surface area contributed by atoms with Gasteiger partial charge in [0.2, 0.25) is 0 Å². The van der Waals surface area contributed by atoms with Gasteiger partial charge in [-0.25, -0.2) is 0 Å². The SMILES string of the molecule is CCC(C)Oc1ccc(CC(C)N)nc1. The molecule has 2 atom stereocenters. The lowest BCUT2D eigenvalue weighted by molar-refractivity contribution is 0.216. The van der Waals surface area contributed by atoms with E-state index in [4.69, 9.17) is 10.5 Å². The lowest BCUT2D eigenvalue weighted by Crippen LogP contribution is -2.18. The van der Waals surface area contributed by atoms with Gasteiger partial charge < -0.3 is 10.5 Å². The average Bonchev–Trinajstić information content (AvgIpc) is 2.20. The molecule has 0 saturated carbocycles. The van der Waals surface area contributed by atoms with E-state index in [0.717, 1.165) is 24.3 Å². The van der Waals surface area contributed by atoms with Gasteiger partial charge >= 0.3 is 0 Å². The summed E-state index contributed by atoms with van der Waals surface area (Å²) >= 11 is 0. The maximum atomic E-state index is 5.69. The minimum absolute atomic E-state index is 0.152. The van der Waals surface area contributed by atoms with Crippen molar-refractivity contribution in [2.45, 2.75) is 45.8 Å². The quantitative estimate of drug-likeness (QED) is 0.806. The zero-order valence-electron chi connectivity index (χ0n) is 9.73. The highest BCUT2D eigenvalue weighted by Gasteiger charge is 2.03. The van der Waals surface area contributed by atoms with Gasteiger partial charge in [0.05, 0.1) is 12.3 Å². The van der Waals surface area contributed by atoms with E-state index in [-0.39, 0.29) is 12.1 Å². The summed E-state index contributed by atoms with van der Waals surface area (Å²) in [5.74, 6) is 0.831. The molecular weight excluding hydrogens is 188 g/mol. The van der Waals surface area contributed by atoms with E-state index < -0.39 is 0 Å². The molecule has 0 bridgehead atoms. The summed E-state index contributed by atoms with van der Waals surface area (Å²) < 4.78 is 5.63. The molecule has 1 rings (SSSR count). The van der Waals surface area contributed by atoms with Crippen LogP contribution < -0.4 is 10.5 Å². The van der Waals surface area contributed by atoms with E-state index in [9.17, 15) is 0 Å². The maximum Gasteiger partial charge on any atom is 0.138 e. The lowest BCUT2D eigenvalue weighted by Gasteiger charge is -2.12. The molecule has 15 heavy (non-hydrogen) atoms. The zero-order valence-corrected chi connectivity index (χ0v) is 9.73. The second kappa shape index (κ2) is 5.71. The molecule has 3 nitrogen and oxygen atoms in total. The molecule has 1 aromatic heterocycles. The van der Waals surface area contributed by atoms with E-state index >= 15 is 0 Å². The van der Waals surface area contributed by atoms with Crippen LogP contribution in [0, 0.1) is 0 Å². The number of nitrogens with zero attached hydrogens (tertiary/aromatic N) is 1. The van der Waals surface area contributed by atoms with Gasteiger partial charge in [-0.05, 0) is 32.4 Å². The summed E-state index contributed by atoms with van der Waals surface area (Å²) in [5.41, 5.74) is 6.71. The highest BCUT2D eigenvalue weighted by Crippen LogP contribution is 2.12. The zero-order chi connectivity index (χ0) is 11.3. The predicted octanol–water partition coefficient (Wildman–Crippen LogP) is 2.15. The summed E-state index contributed by atoms with van der Waals surface area (Å²) in [7, 11) is 0. The number of hydrogen-bond acceptors (Lipinski definition) is 3. The van der Waals surface area contributed by atoms with Crippen LogP contribution in [0.2, 0.25) is 0 Å². The number of rotatable bonds is 5. The first-order chi connectivity index (χ1) is 7.11. The Morgan fingerprint density at radius 1 is 1.40 bits per heavy atom. The molecule has 0 aromatic carbocycles. The predicted molar refractivity (Wildman–Crippen MR) is 62.0 cm³/mol. The Labute approximate surface area is 91.7 Å². The van der Waals surface area contributed by atoms with Gasteiger partial charge in [-0.3, -0.25) is 4.98 Å². The van der Waals surface area contributed by atoms with Crippen molar-refractivity contribution in [3.8, 4) is 5.75 Å². The van der Waals surface area contributed by atoms with Crippen molar-refractivity contribution >= 4 is 0 Å². The Balaban J connectivity index is 2.56. The van der Waals surface area contributed by atoms with E-state index in [2.05, 4.69) is 18.8 Å². The molecule has 0 saturated heterocycles. The largest absolute Gasteiger partial charge is 0.489 e. The van der Waals surface area contributed by atoms with Crippen molar-refractivity contribution in [3.63, 3.8) is 0 Å². The van der Waals surface area contributed by atoms with E-state index in [1.807, 2.05) is 19.1 Å². The Bertz CT molecular complexity index is 282. The molecule has 0 amide bonds. The molecule has 0 spiro atoms. The normalized spacial score (nSPS) is 14.7. The average molecular weight is 208 g/mol. The second-order valence-corrected chi connectivity index (χ2v) is 4.00. The van der Waals surface area contributed by atoms with Gasteiger partial charge in [-0.2, -0.15) is 0 Å².